The Balaban J connectivity index is 0.00000148. The summed E-state index contributed by atoms with van der Waals surface area (Å²) >= 11 is 7.84. The lowest BCUT2D eigenvalue weighted by Crippen LogP contribution is -2.00. The molecule has 2 heterocycles. The van der Waals surface area contributed by atoms with E-state index < -0.39 is 10.9 Å². The molecule has 0 aliphatic carbocycles. The van der Waals surface area contributed by atoms with Crippen molar-refractivity contribution in [1.29, 1.82) is 0 Å². The van der Waals surface area contributed by atoms with E-state index in [9.17, 15) is 20.0 Å². The first kappa shape index (κ1) is 25.2. The van der Waals surface area contributed by atoms with E-state index in [2.05, 4.69) is 5.38 Å². The van der Waals surface area contributed by atoms with Crippen molar-refractivity contribution < 1.29 is 14.8 Å². The molecule has 9 heteroatoms. The van der Waals surface area contributed by atoms with Crippen molar-refractivity contribution in [2.75, 3.05) is 5.73 Å². The van der Waals surface area contributed by atoms with Crippen LogP contribution in [0.25, 0.3) is 32.1 Å². The molecule has 0 bridgehead atoms. The van der Waals surface area contributed by atoms with Gasteiger partial charge in [0.25, 0.3) is 5.69 Å². The number of hydrogen-bond donors (Lipinski definition) is 2. The lowest BCUT2D eigenvalue weighted by Gasteiger charge is -2.08. The average Bonchev–Trinajstić information content (AvgIpc) is 3.40. The van der Waals surface area contributed by atoms with E-state index in [0.717, 1.165) is 32.1 Å². The third kappa shape index (κ3) is 5.05. The molecule has 0 atom stereocenters. The molecule has 3 N–H and O–H groups in total. The number of nitro benzene ring substituents is 1. The third-order valence-corrected chi connectivity index (χ3v) is 6.99. The summed E-state index contributed by atoms with van der Waals surface area (Å²) in [6, 6.07) is 15.9. The van der Waals surface area contributed by atoms with Gasteiger partial charge in [0.1, 0.15) is 0 Å². The van der Waals surface area contributed by atoms with Crippen LogP contribution in [0.15, 0.2) is 66.2 Å². The molecule has 2 aromatic heterocycles. The zero-order valence-electron chi connectivity index (χ0n) is 19.7. The number of aliphatic carboxylic acids is 1. The van der Waals surface area contributed by atoms with E-state index in [1.54, 1.807) is 17.4 Å². The van der Waals surface area contributed by atoms with Crippen LogP contribution < -0.4 is 5.73 Å². The minimum absolute atomic E-state index is 0.0846. The molecule has 0 radical (unpaired) electrons. The Labute approximate surface area is 216 Å². The molecule has 36 heavy (non-hydrogen) atoms. The number of rotatable bonds is 6. The minimum Gasteiger partial charge on any atom is -0.481 e. The van der Waals surface area contributed by atoms with E-state index in [0.29, 0.717) is 28.4 Å². The van der Waals surface area contributed by atoms with Crippen LogP contribution in [0.5, 0.6) is 0 Å². The summed E-state index contributed by atoms with van der Waals surface area (Å²) in [7, 11) is 0. The Morgan fingerprint density at radius 2 is 1.83 bits per heavy atom. The van der Waals surface area contributed by atoms with Crippen molar-refractivity contribution in [3.8, 4) is 11.1 Å². The largest absolute Gasteiger partial charge is 0.481 e. The van der Waals surface area contributed by atoms with Gasteiger partial charge in [-0.05, 0) is 63.4 Å². The zero-order valence-corrected chi connectivity index (χ0v) is 21.3. The number of carbonyl (C=O) groups is 1. The molecular weight excluding hydrogens is 498 g/mol. The second-order valence-corrected chi connectivity index (χ2v) is 9.40. The molecule has 0 fully saturated rings. The second kappa shape index (κ2) is 10.4. The number of nitrogen functional groups attached to an aromatic ring is 1. The number of benzene rings is 3. The van der Waals surface area contributed by atoms with E-state index in [4.69, 9.17) is 17.3 Å². The Kier molecular flexibility index (Phi) is 7.28. The van der Waals surface area contributed by atoms with Crippen molar-refractivity contribution >= 4 is 61.3 Å². The molecule has 0 spiro atoms. The molecule has 5 aromatic rings. The quantitative estimate of drug-likeness (QED) is 0.138. The van der Waals surface area contributed by atoms with Gasteiger partial charge in [-0.1, -0.05) is 37.6 Å². The predicted molar refractivity (Wildman–Crippen MR) is 147 cm³/mol. The Bertz CT molecular complexity index is 1610. The van der Waals surface area contributed by atoms with Crippen LogP contribution in [0.1, 0.15) is 25.0 Å². The summed E-state index contributed by atoms with van der Waals surface area (Å²) in [4.78, 5) is 22.3. The number of nitrogens with two attached hydrogens (primary N) is 1. The van der Waals surface area contributed by atoms with Gasteiger partial charge in [0.15, 0.2) is 0 Å². The first-order valence-electron chi connectivity index (χ1n) is 11.3. The second-order valence-electron chi connectivity index (χ2n) is 8.06. The first-order valence-corrected chi connectivity index (χ1v) is 12.6. The molecule has 0 unspecified atom stereocenters. The summed E-state index contributed by atoms with van der Waals surface area (Å²) < 4.78 is 3.13. The van der Waals surface area contributed by atoms with Gasteiger partial charge in [-0.3, -0.25) is 14.9 Å². The van der Waals surface area contributed by atoms with Crippen molar-refractivity contribution in [1.82, 2.24) is 4.57 Å². The average molecular weight is 522 g/mol. The fourth-order valence-corrected chi connectivity index (χ4v) is 5.36. The third-order valence-electron chi connectivity index (χ3n) is 5.75. The van der Waals surface area contributed by atoms with Crippen LogP contribution in [-0.4, -0.2) is 20.6 Å². The summed E-state index contributed by atoms with van der Waals surface area (Å²) in [6.45, 7) is 4.52. The number of nitrogens with zero attached hydrogens (tertiary/aromatic N) is 2. The van der Waals surface area contributed by atoms with Gasteiger partial charge in [0.2, 0.25) is 0 Å². The topological polar surface area (TPSA) is 111 Å². The maximum atomic E-state index is 11.5. The number of non-ortho nitro benzene ring substituents is 1. The molecule has 3 aromatic carbocycles. The van der Waals surface area contributed by atoms with Crippen LogP contribution in [-0.2, 0) is 17.8 Å². The number of hydrogen-bond acceptors (Lipinski definition) is 5. The van der Waals surface area contributed by atoms with Crippen molar-refractivity contribution in [3.05, 3.63) is 92.4 Å². The van der Waals surface area contributed by atoms with Gasteiger partial charge in [0.05, 0.1) is 11.3 Å². The predicted octanol–water partition coefficient (Wildman–Crippen LogP) is 7.37. The lowest BCUT2D eigenvalue weighted by atomic mass is 10.0. The van der Waals surface area contributed by atoms with E-state index in [1.807, 2.05) is 61.0 Å². The number of carboxylic acid groups (broad SMARTS) is 1. The summed E-state index contributed by atoms with van der Waals surface area (Å²) in [6.07, 6.45) is 1.75. The van der Waals surface area contributed by atoms with Crippen LogP contribution in [0.3, 0.4) is 0 Å². The highest BCUT2D eigenvalue weighted by molar-refractivity contribution is 7.17. The smallest absolute Gasteiger partial charge is 0.307 e. The summed E-state index contributed by atoms with van der Waals surface area (Å²) in [5.74, 6) is -0.914. The summed E-state index contributed by atoms with van der Waals surface area (Å²) in [5, 5.41) is 25.3. The van der Waals surface area contributed by atoms with Crippen molar-refractivity contribution in [3.63, 3.8) is 0 Å². The van der Waals surface area contributed by atoms with Crippen LogP contribution in [0.2, 0.25) is 5.02 Å². The standard InChI is InChI=1S/C25H18ClN3O4S.C2H6/c26-18-2-4-24-22(9-18)17(13-34-24)12-28-11-16(8-25(30)31)21-3-1-14(7-23(21)28)15-5-19(27)10-20(6-15)29(32)33;1-2/h1-7,9-11,13H,8,12,27H2,(H,30,31);1-2H3. The van der Waals surface area contributed by atoms with Gasteiger partial charge in [-0.25, -0.2) is 0 Å². The summed E-state index contributed by atoms with van der Waals surface area (Å²) in [5.41, 5.74) is 10.1. The number of nitro groups is 1. The molecule has 5 rings (SSSR count). The fraction of sp³-hybridized carbons (Fsp3) is 0.148. The highest BCUT2D eigenvalue weighted by atomic mass is 35.5. The normalized spacial score (nSPS) is 10.9. The molecule has 7 nitrogen and oxygen atoms in total. The Morgan fingerprint density at radius 1 is 1.06 bits per heavy atom. The molecule has 184 valence electrons. The van der Waals surface area contributed by atoms with Gasteiger partial charge in [0, 0.05) is 51.2 Å². The Hall–Kier alpha value is -3.88. The number of fused-ring (bicyclic) bond motifs is 2. The van der Waals surface area contributed by atoms with Gasteiger partial charge < -0.3 is 15.4 Å². The monoisotopic (exact) mass is 521 g/mol. The zero-order chi connectivity index (χ0) is 26.0. The molecule has 0 saturated carbocycles. The number of anilines is 1. The fourth-order valence-electron chi connectivity index (χ4n) is 4.25. The van der Waals surface area contributed by atoms with Gasteiger partial charge >= 0.3 is 5.97 Å². The van der Waals surface area contributed by atoms with Crippen molar-refractivity contribution in [2.24, 2.45) is 0 Å². The molecule has 0 aliphatic rings. The maximum Gasteiger partial charge on any atom is 0.307 e. The molecular formula is C27H24ClN3O4S. The van der Waals surface area contributed by atoms with Crippen molar-refractivity contribution in [2.45, 2.75) is 26.8 Å². The number of carboxylic acids is 1. The highest BCUT2D eigenvalue weighted by Crippen LogP contribution is 2.34. The molecule has 0 aliphatic heterocycles. The number of aromatic nitrogens is 1. The lowest BCUT2D eigenvalue weighted by molar-refractivity contribution is -0.384. The molecule has 0 saturated heterocycles. The van der Waals surface area contributed by atoms with Gasteiger partial charge in [-0.15, -0.1) is 11.3 Å². The van der Waals surface area contributed by atoms with Crippen LogP contribution >= 0.6 is 22.9 Å². The van der Waals surface area contributed by atoms with E-state index >= 15 is 0 Å². The van der Waals surface area contributed by atoms with Gasteiger partial charge in [-0.2, -0.15) is 0 Å². The highest BCUT2D eigenvalue weighted by Gasteiger charge is 2.16. The van der Waals surface area contributed by atoms with Crippen LogP contribution in [0.4, 0.5) is 11.4 Å². The van der Waals surface area contributed by atoms with Crippen LogP contribution in [0, 0.1) is 10.1 Å². The molecule has 0 amide bonds. The van der Waals surface area contributed by atoms with E-state index in [-0.39, 0.29) is 12.1 Å². The first-order chi connectivity index (χ1) is 17.3. The number of thiophene rings is 1. The maximum absolute atomic E-state index is 11.5. The number of halogens is 1. The minimum atomic E-state index is -0.914. The SMILES string of the molecule is CC.Nc1cc(-c2ccc3c(CC(=O)O)cn(Cc4csc5ccc(Cl)cc45)c3c2)cc([N+](=O)[O-])c1. The Morgan fingerprint density at radius 3 is 2.56 bits per heavy atom. The van der Waals surface area contributed by atoms with E-state index in [1.165, 1.54) is 12.1 Å².